The number of hydrogen-bond acceptors (Lipinski definition) is 2. The number of likely N-dealkylation sites (tertiary alicyclic amines) is 1. The summed E-state index contributed by atoms with van der Waals surface area (Å²) in [6.45, 7) is 6.11. The van der Waals surface area contributed by atoms with Gasteiger partial charge in [-0.2, -0.15) is 0 Å². The Kier molecular flexibility index (Phi) is 2.65. The number of ketones is 1. The number of carbonyl (C=O) groups is 1. The lowest BCUT2D eigenvalue weighted by Crippen LogP contribution is -2.48. The second-order valence-electron chi connectivity index (χ2n) is 4.67. The number of carbonyl (C=O) groups excluding carboxylic acids is 1. The molecular formula is C12H18N2O. The number of nitrogens with one attached hydrogen (secondary N) is 1. The summed E-state index contributed by atoms with van der Waals surface area (Å²) in [6, 6.07) is 3.72. The molecule has 0 aliphatic carbocycles. The minimum absolute atomic E-state index is 0.189. The Balaban J connectivity index is 2.17. The summed E-state index contributed by atoms with van der Waals surface area (Å²) < 4.78 is 0. The van der Waals surface area contributed by atoms with Crippen LogP contribution < -0.4 is 0 Å². The van der Waals surface area contributed by atoms with E-state index < -0.39 is 0 Å². The molecule has 0 unspecified atom stereocenters. The number of nitrogens with zero attached hydrogens (tertiary/aromatic N) is 1. The van der Waals surface area contributed by atoms with Gasteiger partial charge in [-0.1, -0.05) is 0 Å². The maximum absolute atomic E-state index is 12.2. The Hall–Kier alpha value is -1.09. The number of aromatic nitrogens is 1. The minimum atomic E-state index is -0.374. The van der Waals surface area contributed by atoms with E-state index in [-0.39, 0.29) is 11.3 Å². The SMILES string of the molecule is CC(C)(C(=O)c1ccc[nH]1)N1CCCC1. The lowest BCUT2D eigenvalue weighted by molar-refractivity contribution is 0.0698. The zero-order valence-electron chi connectivity index (χ0n) is 9.42. The van der Waals surface area contributed by atoms with Crippen LogP contribution in [0.2, 0.25) is 0 Å². The van der Waals surface area contributed by atoms with E-state index in [4.69, 9.17) is 0 Å². The number of Topliss-reactive ketones (excluding diaryl/α,β-unsaturated/α-hetero) is 1. The van der Waals surface area contributed by atoms with Crippen LogP contribution in [0.1, 0.15) is 37.2 Å². The molecule has 3 nitrogen and oxygen atoms in total. The first-order valence-electron chi connectivity index (χ1n) is 5.55. The average molecular weight is 206 g/mol. The van der Waals surface area contributed by atoms with Crippen molar-refractivity contribution in [3.63, 3.8) is 0 Å². The van der Waals surface area contributed by atoms with Crippen molar-refractivity contribution in [2.75, 3.05) is 13.1 Å². The van der Waals surface area contributed by atoms with E-state index in [9.17, 15) is 4.79 Å². The topological polar surface area (TPSA) is 36.1 Å². The number of aromatic amines is 1. The zero-order valence-corrected chi connectivity index (χ0v) is 9.42. The highest BCUT2D eigenvalue weighted by molar-refractivity contribution is 6.01. The van der Waals surface area contributed by atoms with E-state index in [1.807, 2.05) is 26.0 Å². The molecule has 1 saturated heterocycles. The Labute approximate surface area is 90.5 Å². The molecule has 0 amide bonds. The van der Waals surface area contributed by atoms with Crippen LogP contribution in [0.4, 0.5) is 0 Å². The fourth-order valence-corrected chi connectivity index (χ4v) is 2.22. The fourth-order valence-electron chi connectivity index (χ4n) is 2.22. The van der Waals surface area contributed by atoms with Crippen molar-refractivity contribution < 1.29 is 4.79 Å². The fraction of sp³-hybridized carbons (Fsp3) is 0.583. The van der Waals surface area contributed by atoms with Crippen LogP contribution in [0, 0.1) is 0 Å². The third-order valence-electron chi connectivity index (χ3n) is 3.29. The molecule has 2 heterocycles. The molecule has 1 N–H and O–H groups in total. The predicted molar refractivity (Wildman–Crippen MR) is 60.0 cm³/mol. The molecule has 82 valence electrons. The highest BCUT2D eigenvalue weighted by Gasteiger charge is 2.36. The molecule has 0 spiro atoms. The Morgan fingerprint density at radius 2 is 2.07 bits per heavy atom. The molecule has 1 fully saturated rings. The van der Waals surface area contributed by atoms with Crippen molar-refractivity contribution in [3.8, 4) is 0 Å². The largest absolute Gasteiger partial charge is 0.359 e. The monoisotopic (exact) mass is 206 g/mol. The number of rotatable bonds is 3. The van der Waals surface area contributed by atoms with Crippen LogP contribution in [-0.2, 0) is 0 Å². The van der Waals surface area contributed by atoms with Crippen molar-refractivity contribution >= 4 is 5.78 Å². The third kappa shape index (κ3) is 1.84. The minimum Gasteiger partial charge on any atom is -0.359 e. The smallest absolute Gasteiger partial charge is 0.198 e. The third-order valence-corrected chi connectivity index (χ3v) is 3.29. The van der Waals surface area contributed by atoms with Crippen LogP contribution in [-0.4, -0.2) is 34.3 Å². The second kappa shape index (κ2) is 3.81. The molecule has 1 aliphatic rings. The van der Waals surface area contributed by atoms with E-state index in [2.05, 4.69) is 9.88 Å². The van der Waals surface area contributed by atoms with Crippen LogP contribution in [0.25, 0.3) is 0 Å². The number of H-pyrrole nitrogens is 1. The Bertz CT molecular complexity index is 335. The summed E-state index contributed by atoms with van der Waals surface area (Å²) in [6.07, 6.45) is 4.22. The summed E-state index contributed by atoms with van der Waals surface area (Å²) in [7, 11) is 0. The van der Waals surface area contributed by atoms with E-state index in [0.717, 1.165) is 13.1 Å². The van der Waals surface area contributed by atoms with Crippen molar-refractivity contribution in [2.24, 2.45) is 0 Å². The van der Waals surface area contributed by atoms with Gasteiger partial charge >= 0.3 is 0 Å². The van der Waals surface area contributed by atoms with Gasteiger partial charge in [-0.3, -0.25) is 9.69 Å². The molecule has 1 aliphatic heterocycles. The zero-order chi connectivity index (χ0) is 10.9. The van der Waals surface area contributed by atoms with Crippen molar-refractivity contribution in [1.29, 1.82) is 0 Å². The van der Waals surface area contributed by atoms with E-state index >= 15 is 0 Å². The van der Waals surface area contributed by atoms with E-state index in [0.29, 0.717) is 5.69 Å². The molecule has 1 aromatic rings. The summed E-state index contributed by atoms with van der Waals surface area (Å²) in [5.41, 5.74) is 0.341. The van der Waals surface area contributed by atoms with Crippen molar-refractivity contribution in [2.45, 2.75) is 32.2 Å². The summed E-state index contributed by atoms with van der Waals surface area (Å²) in [5, 5.41) is 0. The standard InChI is InChI=1S/C12H18N2O/c1-12(2,14-8-3-4-9-14)11(15)10-6-5-7-13-10/h5-7,13H,3-4,8-9H2,1-2H3. The van der Waals surface area contributed by atoms with Crippen molar-refractivity contribution in [1.82, 2.24) is 9.88 Å². The maximum atomic E-state index is 12.2. The Morgan fingerprint density at radius 1 is 1.40 bits per heavy atom. The first kappa shape index (κ1) is 10.4. The van der Waals surface area contributed by atoms with Crippen LogP contribution >= 0.6 is 0 Å². The average Bonchev–Trinajstić information content (AvgIpc) is 2.89. The second-order valence-corrected chi connectivity index (χ2v) is 4.67. The van der Waals surface area contributed by atoms with Crippen LogP contribution in [0.3, 0.4) is 0 Å². The lowest BCUT2D eigenvalue weighted by Gasteiger charge is -2.33. The molecule has 2 rings (SSSR count). The number of hydrogen-bond donors (Lipinski definition) is 1. The van der Waals surface area contributed by atoms with Gasteiger partial charge in [0.15, 0.2) is 5.78 Å². The molecule has 15 heavy (non-hydrogen) atoms. The van der Waals surface area contributed by atoms with Crippen LogP contribution in [0.5, 0.6) is 0 Å². The van der Waals surface area contributed by atoms with Gasteiger partial charge in [-0.05, 0) is 51.9 Å². The molecule has 0 atom stereocenters. The maximum Gasteiger partial charge on any atom is 0.198 e. The predicted octanol–water partition coefficient (Wildman–Crippen LogP) is 2.07. The van der Waals surface area contributed by atoms with Crippen LogP contribution in [0.15, 0.2) is 18.3 Å². The van der Waals surface area contributed by atoms with E-state index in [1.165, 1.54) is 12.8 Å². The molecule has 3 heteroatoms. The molecule has 0 bridgehead atoms. The molecule has 0 radical (unpaired) electrons. The summed E-state index contributed by atoms with van der Waals surface area (Å²) in [4.78, 5) is 17.5. The summed E-state index contributed by atoms with van der Waals surface area (Å²) >= 11 is 0. The summed E-state index contributed by atoms with van der Waals surface area (Å²) in [5.74, 6) is 0.189. The molecule has 0 saturated carbocycles. The van der Waals surface area contributed by atoms with Gasteiger partial charge < -0.3 is 4.98 Å². The molecule has 0 aromatic carbocycles. The first-order valence-corrected chi connectivity index (χ1v) is 5.55. The van der Waals surface area contributed by atoms with E-state index in [1.54, 1.807) is 6.20 Å². The van der Waals surface area contributed by atoms with Gasteiger partial charge in [-0.15, -0.1) is 0 Å². The molecular weight excluding hydrogens is 188 g/mol. The van der Waals surface area contributed by atoms with Gasteiger partial charge in [0.25, 0.3) is 0 Å². The quantitative estimate of drug-likeness (QED) is 0.768. The normalized spacial score (nSPS) is 18.3. The van der Waals surface area contributed by atoms with Gasteiger partial charge in [0.05, 0.1) is 11.2 Å². The first-order chi connectivity index (χ1) is 7.12. The highest BCUT2D eigenvalue weighted by Crippen LogP contribution is 2.24. The lowest BCUT2D eigenvalue weighted by atomic mass is 9.95. The van der Waals surface area contributed by atoms with Gasteiger partial charge in [0, 0.05) is 6.20 Å². The van der Waals surface area contributed by atoms with Gasteiger partial charge in [0.1, 0.15) is 0 Å². The van der Waals surface area contributed by atoms with Crippen molar-refractivity contribution in [3.05, 3.63) is 24.0 Å². The molecule has 1 aromatic heterocycles. The van der Waals surface area contributed by atoms with Gasteiger partial charge in [-0.25, -0.2) is 0 Å². The Morgan fingerprint density at radius 3 is 2.60 bits per heavy atom. The van der Waals surface area contributed by atoms with Gasteiger partial charge in [0.2, 0.25) is 0 Å². The highest BCUT2D eigenvalue weighted by atomic mass is 16.1.